The first-order valence-corrected chi connectivity index (χ1v) is 8.03. The minimum absolute atomic E-state index is 0.193. The quantitative estimate of drug-likeness (QED) is 0.738. The van der Waals surface area contributed by atoms with Crippen molar-refractivity contribution in [1.82, 2.24) is 9.88 Å². The van der Waals surface area contributed by atoms with E-state index in [9.17, 15) is 9.59 Å². The summed E-state index contributed by atoms with van der Waals surface area (Å²) in [6.07, 6.45) is 0. The molecule has 0 unspecified atom stereocenters. The third-order valence-electron chi connectivity index (χ3n) is 2.39. The highest BCUT2D eigenvalue weighted by Crippen LogP contribution is 2.15. The van der Waals surface area contributed by atoms with E-state index in [1.54, 1.807) is 11.3 Å². The fourth-order valence-electron chi connectivity index (χ4n) is 1.47. The van der Waals surface area contributed by atoms with Gasteiger partial charge in [-0.1, -0.05) is 0 Å². The van der Waals surface area contributed by atoms with Crippen LogP contribution in [0.5, 0.6) is 0 Å². The second kappa shape index (κ2) is 8.93. The van der Waals surface area contributed by atoms with Crippen molar-refractivity contribution in [1.29, 1.82) is 0 Å². The van der Waals surface area contributed by atoms with Crippen LogP contribution >= 0.6 is 23.1 Å². The van der Waals surface area contributed by atoms with E-state index < -0.39 is 5.97 Å². The zero-order valence-corrected chi connectivity index (χ0v) is 13.1. The standard InChI is InChI=1S/C12H18N2O4S2/c1-9-13-10(7-20-9)6-19-8-11(15)14(3-4-18-2)5-12(16)17/h7H,3-6,8H2,1-2H3,(H,16,17). The van der Waals surface area contributed by atoms with Gasteiger partial charge in [-0.2, -0.15) is 0 Å². The number of nitrogens with zero attached hydrogens (tertiary/aromatic N) is 2. The molecule has 112 valence electrons. The maximum absolute atomic E-state index is 11.9. The van der Waals surface area contributed by atoms with Crippen molar-refractivity contribution in [3.8, 4) is 0 Å². The molecule has 1 aromatic heterocycles. The van der Waals surface area contributed by atoms with Crippen LogP contribution in [-0.4, -0.2) is 59.4 Å². The van der Waals surface area contributed by atoms with Gasteiger partial charge in [-0.3, -0.25) is 9.59 Å². The topological polar surface area (TPSA) is 79.7 Å². The van der Waals surface area contributed by atoms with Crippen LogP contribution in [0.4, 0.5) is 0 Å². The molecule has 0 radical (unpaired) electrons. The van der Waals surface area contributed by atoms with Gasteiger partial charge < -0.3 is 14.7 Å². The van der Waals surface area contributed by atoms with E-state index in [1.165, 1.54) is 23.8 Å². The monoisotopic (exact) mass is 318 g/mol. The van der Waals surface area contributed by atoms with Gasteiger partial charge in [-0.25, -0.2) is 4.98 Å². The highest BCUT2D eigenvalue weighted by Gasteiger charge is 2.16. The number of carboxylic acid groups (broad SMARTS) is 1. The summed E-state index contributed by atoms with van der Waals surface area (Å²) in [6, 6.07) is 0. The van der Waals surface area contributed by atoms with Gasteiger partial charge in [0.25, 0.3) is 0 Å². The van der Waals surface area contributed by atoms with Gasteiger partial charge in [-0.15, -0.1) is 23.1 Å². The Bertz CT molecular complexity index is 450. The van der Waals surface area contributed by atoms with Crippen LogP contribution in [0, 0.1) is 6.92 Å². The minimum Gasteiger partial charge on any atom is -0.480 e. The van der Waals surface area contributed by atoms with E-state index >= 15 is 0 Å². The highest BCUT2D eigenvalue weighted by atomic mass is 32.2. The van der Waals surface area contributed by atoms with Crippen molar-refractivity contribution >= 4 is 35.0 Å². The van der Waals surface area contributed by atoms with Gasteiger partial charge >= 0.3 is 5.97 Å². The molecule has 20 heavy (non-hydrogen) atoms. The minimum atomic E-state index is -1.02. The zero-order chi connectivity index (χ0) is 15.0. The predicted octanol–water partition coefficient (Wildman–Crippen LogP) is 1.24. The summed E-state index contributed by atoms with van der Waals surface area (Å²) in [5.74, 6) is -0.314. The Kier molecular flexibility index (Phi) is 7.56. The molecular formula is C12H18N2O4S2. The van der Waals surface area contributed by atoms with E-state index in [0.717, 1.165) is 10.7 Å². The summed E-state index contributed by atoms with van der Waals surface area (Å²) < 4.78 is 4.88. The number of carboxylic acids is 1. The number of thiazole rings is 1. The lowest BCUT2D eigenvalue weighted by Gasteiger charge is -2.19. The summed E-state index contributed by atoms with van der Waals surface area (Å²) >= 11 is 3.01. The van der Waals surface area contributed by atoms with Crippen molar-refractivity contribution in [3.05, 3.63) is 16.1 Å². The van der Waals surface area contributed by atoms with E-state index in [4.69, 9.17) is 9.84 Å². The number of hydrogen-bond acceptors (Lipinski definition) is 6. The second-order valence-corrected chi connectivity index (χ2v) is 6.10. The van der Waals surface area contributed by atoms with Crippen molar-refractivity contribution in [2.75, 3.05) is 32.6 Å². The number of aryl methyl sites for hydroxylation is 1. The molecule has 6 nitrogen and oxygen atoms in total. The number of carbonyl (C=O) groups excluding carboxylic acids is 1. The van der Waals surface area contributed by atoms with Crippen LogP contribution in [-0.2, 0) is 20.1 Å². The molecule has 0 atom stereocenters. The van der Waals surface area contributed by atoms with Gasteiger partial charge in [0.1, 0.15) is 6.54 Å². The molecule has 0 saturated heterocycles. The number of aliphatic carboxylic acids is 1. The van der Waals surface area contributed by atoms with Gasteiger partial charge in [0, 0.05) is 24.8 Å². The number of thioether (sulfide) groups is 1. The van der Waals surface area contributed by atoms with Crippen LogP contribution in [0.25, 0.3) is 0 Å². The van der Waals surface area contributed by atoms with Gasteiger partial charge in [0.15, 0.2) is 0 Å². The molecule has 0 bridgehead atoms. The Morgan fingerprint density at radius 1 is 1.55 bits per heavy atom. The maximum atomic E-state index is 11.9. The summed E-state index contributed by atoms with van der Waals surface area (Å²) in [7, 11) is 1.52. The smallest absolute Gasteiger partial charge is 0.323 e. The first-order valence-electron chi connectivity index (χ1n) is 6.00. The van der Waals surface area contributed by atoms with Crippen LogP contribution in [0.2, 0.25) is 0 Å². The van der Waals surface area contributed by atoms with E-state index in [1.807, 2.05) is 12.3 Å². The first-order chi connectivity index (χ1) is 9.52. The summed E-state index contributed by atoms with van der Waals surface area (Å²) in [6.45, 7) is 2.26. The first kappa shape index (κ1) is 16.9. The predicted molar refractivity (Wildman–Crippen MR) is 79.1 cm³/mol. The van der Waals surface area contributed by atoms with Gasteiger partial charge in [0.2, 0.25) is 5.91 Å². The van der Waals surface area contributed by atoms with E-state index in [2.05, 4.69) is 4.98 Å². The molecule has 0 spiro atoms. The van der Waals surface area contributed by atoms with Crippen LogP contribution in [0.1, 0.15) is 10.7 Å². The number of ether oxygens (including phenoxy) is 1. The van der Waals surface area contributed by atoms with E-state index in [-0.39, 0.29) is 24.7 Å². The molecule has 0 aliphatic rings. The third kappa shape index (κ3) is 6.36. The molecule has 0 aliphatic heterocycles. The number of methoxy groups -OCH3 is 1. The molecule has 8 heteroatoms. The Hall–Kier alpha value is -1.12. The van der Waals surface area contributed by atoms with Crippen molar-refractivity contribution in [3.63, 3.8) is 0 Å². The lowest BCUT2D eigenvalue weighted by atomic mass is 10.4. The Balaban J connectivity index is 2.38. The summed E-state index contributed by atoms with van der Waals surface area (Å²) in [5.41, 5.74) is 0.951. The molecule has 1 aromatic rings. The Labute approximate surface area is 126 Å². The SMILES string of the molecule is COCCN(CC(=O)O)C(=O)CSCc1csc(C)n1. The zero-order valence-electron chi connectivity index (χ0n) is 11.5. The molecule has 0 saturated carbocycles. The Morgan fingerprint density at radius 2 is 2.30 bits per heavy atom. The van der Waals surface area contributed by atoms with Gasteiger partial charge in [-0.05, 0) is 6.92 Å². The van der Waals surface area contributed by atoms with Crippen molar-refractivity contribution in [2.45, 2.75) is 12.7 Å². The molecule has 1 amide bonds. The van der Waals surface area contributed by atoms with Crippen molar-refractivity contribution < 1.29 is 19.4 Å². The summed E-state index contributed by atoms with van der Waals surface area (Å²) in [5, 5.41) is 11.8. The normalized spacial score (nSPS) is 10.5. The molecule has 1 rings (SSSR count). The number of aromatic nitrogens is 1. The van der Waals surface area contributed by atoms with Crippen LogP contribution in [0.15, 0.2) is 5.38 Å². The van der Waals surface area contributed by atoms with Crippen LogP contribution < -0.4 is 0 Å². The molecular weight excluding hydrogens is 300 g/mol. The number of amides is 1. The lowest BCUT2D eigenvalue weighted by molar-refractivity contribution is -0.143. The lowest BCUT2D eigenvalue weighted by Crippen LogP contribution is -2.39. The number of carbonyl (C=O) groups is 2. The fourth-order valence-corrected chi connectivity index (χ4v) is 3.00. The molecule has 0 fully saturated rings. The third-order valence-corrected chi connectivity index (χ3v) is 4.16. The number of hydrogen-bond donors (Lipinski definition) is 1. The van der Waals surface area contributed by atoms with Crippen molar-refractivity contribution in [2.24, 2.45) is 0 Å². The van der Waals surface area contributed by atoms with Crippen LogP contribution in [0.3, 0.4) is 0 Å². The largest absolute Gasteiger partial charge is 0.480 e. The summed E-state index contributed by atoms with van der Waals surface area (Å²) in [4.78, 5) is 28.3. The fraction of sp³-hybridized carbons (Fsp3) is 0.583. The Morgan fingerprint density at radius 3 is 2.85 bits per heavy atom. The van der Waals surface area contributed by atoms with Gasteiger partial charge in [0.05, 0.1) is 23.1 Å². The molecule has 1 heterocycles. The molecule has 1 N–H and O–H groups in total. The highest BCUT2D eigenvalue weighted by molar-refractivity contribution is 7.99. The average Bonchev–Trinajstić information content (AvgIpc) is 2.79. The maximum Gasteiger partial charge on any atom is 0.323 e. The molecule has 0 aromatic carbocycles. The number of rotatable bonds is 9. The second-order valence-electron chi connectivity index (χ2n) is 4.05. The average molecular weight is 318 g/mol. The van der Waals surface area contributed by atoms with E-state index in [0.29, 0.717) is 12.4 Å². The molecule has 0 aliphatic carbocycles.